The van der Waals surface area contributed by atoms with E-state index in [4.69, 9.17) is 5.73 Å². The predicted molar refractivity (Wildman–Crippen MR) is 81.1 cm³/mol. The number of nitrogens with two attached hydrogens (primary N) is 1. The molecular formula is C16H27FN2. The molecule has 3 heteroatoms. The van der Waals surface area contributed by atoms with E-state index < -0.39 is 0 Å². The molecule has 0 radical (unpaired) electrons. The van der Waals surface area contributed by atoms with E-state index in [2.05, 4.69) is 32.6 Å². The summed E-state index contributed by atoms with van der Waals surface area (Å²) in [5.74, 6) is -0.136. The molecule has 108 valence electrons. The summed E-state index contributed by atoms with van der Waals surface area (Å²) < 4.78 is 14.3. The highest BCUT2D eigenvalue weighted by atomic mass is 19.1. The van der Waals surface area contributed by atoms with Crippen molar-refractivity contribution in [1.82, 2.24) is 0 Å². The van der Waals surface area contributed by atoms with Crippen molar-refractivity contribution in [3.63, 3.8) is 0 Å². The average Bonchev–Trinajstić information content (AvgIpc) is 2.36. The molecule has 0 bridgehead atoms. The van der Waals surface area contributed by atoms with Gasteiger partial charge in [0.05, 0.1) is 5.69 Å². The second kappa shape index (κ2) is 7.49. The maximum Gasteiger partial charge on any atom is 0.146 e. The summed E-state index contributed by atoms with van der Waals surface area (Å²) in [6.07, 6.45) is 2.65. The average molecular weight is 266 g/mol. The maximum absolute atomic E-state index is 14.3. The zero-order valence-corrected chi connectivity index (χ0v) is 12.6. The Morgan fingerprint density at radius 1 is 1.26 bits per heavy atom. The first kappa shape index (κ1) is 16.0. The Labute approximate surface area is 116 Å². The summed E-state index contributed by atoms with van der Waals surface area (Å²) in [7, 11) is 0. The van der Waals surface area contributed by atoms with Gasteiger partial charge in [-0.15, -0.1) is 0 Å². The molecule has 1 atom stereocenters. The Bertz CT molecular complexity index is 390. The van der Waals surface area contributed by atoms with Crippen LogP contribution in [-0.2, 0) is 6.42 Å². The molecule has 2 N–H and O–H groups in total. The van der Waals surface area contributed by atoms with Gasteiger partial charge in [-0.3, -0.25) is 0 Å². The van der Waals surface area contributed by atoms with Crippen LogP contribution in [0.4, 0.5) is 10.1 Å². The molecule has 1 aromatic rings. The molecule has 0 aliphatic rings. The molecule has 0 aromatic heterocycles. The molecular weight excluding hydrogens is 239 g/mol. The van der Waals surface area contributed by atoms with Crippen molar-refractivity contribution in [3.05, 3.63) is 29.6 Å². The zero-order chi connectivity index (χ0) is 14.4. The van der Waals surface area contributed by atoms with Gasteiger partial charge in [-0.2, -0.15) is 0 Å². The standard InChI is InChI=1S/C16H27FN2/c1-5-10-19(12(3)4)16-13(11-14(18)6-2)8-7-9-15(16)17/h7-9,12,14H,5-6,10-11,18H2,1-4H3. The third kappa shape index (κ3) is 4.20. The topological polar surface area (TPSA) is 29.3 Å². The first-order valence-corrected chi connectivity index (χ1v) is 7.30. The smallest absolute Gasteiger partial charge is 0.146 e. The van der Waals surface area contributed by atoms with E-state index in [1.165, 1.54) is 0 Å². The minimum Gasteiger partial charge on any atom is -0.367 e. The molecule has 0 saturated heterocycles. The van der Waals surface area contributed by atoms with Crippen molar-refractivity contribution in [2.45, 2.75) is 59.0 Å². The van der Waals surface area contributed by atoms with Gasteiger partial charge in [0.2, 0.25) is 0 Å². The summed E-state index contributed by atoms with van der Waals surface area (Å²) >= 11 is 0. The van der Waals surface area contributed by atoms with E-state index in [0.717, 1.165) is 37.1 Å². The molecule has 1 unspecified atom stereocenters. The van der Waals surface area contributed by atoms with Crippen molar-refractivity contribution in [1.29, 1.82) is 0 Å². The lowest BCUT2D eigenvalue weighted by molar-refractivity contribution is 0.585. The first-order valence-electron chi connectivity index (χ1n) is 7.30. The van der Waals surface area contributed by atoms with Gasteiger partial charge in [-0.05, 0) is 44.7 Å². The van der Waals surface area contributed by atoms with Gasteiger partial charge < -0.3 is 10.6 Å². The Morgan fingerprint density at radius 2 is 1.95 bits per heavy atom. The highest BCUT2D eigenvalue weighted by molar-refractivity contribution is 5.56. The van der Waals surface area contributed by atoms with Crippen molar-refractivity contribution in [2.24, 2.45) is 5.73 Å². The van der Waals surface area contributed by atoms with E-state index in [0.29, 0.717) is 0 Å². The number of hydrogen-bond acceptors (Lipinski definition) is 2. The summed E-state index contributed by atoms with van der Waals surface area (Å²) in [5, 5.41) is 0. The highest BCUT2D eigenvalue weighted by Crippen LogP contribution is 2.27. The van der Waals surface area contributed by atoms with E-state index in [9.17, 15) is 4.39 Å². The molecule has 1 aromatic carbocycles. The largest absolute Gasteiger partial charge is 0.367 e. The Kier molecular flexibility index (Phi) is 6.29. The fourth-order valence-corrected chi connectivity index (χ4v) is 2.34. The van der Waals surface area contributed by atoms with Crippen molar-refractivity contribution < 1.29 is 4.39 Å². The van der Waals surface area contributed by atoms with Gasteiger partial charge in [-0.1, -0.05) is 26.0 Å². The summed E-state index contributed by atoms with van der Waals surface area (Å²) in [6, 6.07) is 5.70. The number of benzene rings is 1. The predicted octanol–water partition coefficient (Wildman–Crippen LogP) is 3.73. The van der Waals surface area contributed by atoms with Crippen LogP contribution in [0.3, 0.4) is 0 Å². The third-order valence-electron chi connectivity index (χ3n) is 3.45. The van der Waals surface area contributed by atoms with E-state index >= 15 is 0 Å². The van der Waals surface area contributed by atoms with Crippen LogP contribution in [0, 0.1) is 5.82 Å². The zero-order valence-electron chi connectivity index (χ0n) is 12.6. The van der Waals surface area contributed by atoms with Gasteiger partial charge in [0.25, 0.3) is 0 Å². The number of anilines is 1. The normalized spacial score (nSPS) is 12.8. The molecule has 0 aliphatic heterocycles. The van der Waals surface area contributed by atoms with Gasteiger partial charge >= 0.3 is 0 Å². The van der Waals surface area contributed by atoms with Crippen LogP contribution in [-0.4, -0.2) is 18.6 Å². The monoisotopic (exact) mass is 266 g/mol. The number of halogens is 1. The Balaban J connectivity index is 3.14. The molecule has 0 spiro atoms. The lowest BCUT2D eigenvalue weighted by Gasteiger charge is -2.31. The Hall–Kier alpha value is -1.09. The molecule has 1 rings (SSSR count). The van der Waals surface area contributed by atoms with E-state index in [-0.39, 0.29) is 17.9 Å². The molecule has 19 heavy (non-hydrogen) atoms. The van der Waals surface area contributed by atoms with E-state index in [1.807, 2.05) is 6.07 Å². The SMILES string of the molecule is CCCN(c1c(F)cccc1CC(N)CC)C(C)C. The maximum atomic E-state index is 14.3. The quantitative estimate of drug-likeness (QED) is 0.814. The summed E-state index contributed by atoms with van der Waals surface area (Å²) in [5.41, 5.74) is 7.80. The highest BCUT2D eigenvalue weighted by Gasteiger charge is 2.19. The second-order valence-electron chi connectivity index (χ2n) is 5.41. The van der Waals surface area contributed by atoms with Gasteiger partial charge in [0.1, 0.15) is 5.82 Å². The van der Waals surface area contributed by atoms with Crippen LogP contribution in [0.15, 0.2) is 18.2 Å². The van der Waals surface area contributed by atoms with Crippen molar-refractivity contribution in [2.75, 3.05) is 11.4 Å². The first-order chi connectivity index (χ1) is 9.01. The van der Waals surface area contributed by atoms with Gasteiger partial charge in [-0.25, -0.2) is 4.39 Å². The van der Waals surface area contributed by atoms with Crippen LogP contribution >= 0.6 is 0 Å². The fraction of sp³-hybridized carbons (Fsp3) is 0.625. The molecule has 0 saturated carbocycles. The van der Waals surface area contributed by atoms with E-state index in [1.54, 1.807) is 12.1 Å². The molecule has 0 aliphatic carbocycles. The van der Waals surface area contributed by atoms with Gasteiger partial charge in [0, 0.05) is 18.6 Å². The van der Waals surface area contributed by atoms with Crippen molar-refractivity contribution in [3.8, 4) is 0 Å². The van der Waals surface area contributed by atoms with Crippen LogP contribution in [0.5, 0.6) is 0 Å². The second-order valence-corrected chi connectivity index (χ2v) is 5.41. The van der Waals surface area contributed by atoms with Gasteiger partial charge in [0.15, 0.2) is 0 Å². The molecule has 0 heterocycles. The minimum absolute atomic E-state index is 0.0937. The molecule has 0 amide bonds. The molecule has 2 nitrogen and oxygen atoms in total. The number of nitrogens with zero attached hydrogens (tertiary/aromatic N) is 1. The lowest BCUT2D eigenvalue weighted by atomic mass is 10.0. The fourth-order valence-electron chi connectivity index (χ4n) is 2.34. The number of rotatable bonds is 7. The third-order valence-corrected chi connectivity index (χ3v) is 3.45. The number of para-hydroxylation sites is 1. The summed E-state index contributed by atoms with van der Waals surface area (Å²) in [6.45, 7) is 9.26. The molecule has 0 fully saturated rings. The van der Waals surface area contributed by atoms with Crippen LogP contribution < -0.4 is 10.6 Å². The van der Waals surface area contributed by atoms with Crippen molar-refractivity contribution >= 4 is 5.69 Å². The summed E-state index contributed by atoms with van der Waals surface area (Å²) in [4.78, 5) is 2.15. The van der Waals surface area contributed by atoms with Crippen LogP contribution in [0.25, 0.3) is 0 Å². The Morgan fingerprint density at radius 3 is 2.47 bits per heavy atom. The minimum atomic E-state index is -0.136. The van der Waals surface area contributed by atoms with Crippen LogP contribution in [0.2, 0.25) is 0 Å². The number of hydrogen-bond donors (Lipinski definition) is 1. The lowest BCUT2D eigenvalue weighted by Crippen LogP contribution is -2.34. The van der Waals surface area contributed by atoms with Crippen LogP contribution in [0.1, 0.15) is 46.1 Å².